The minimum atomic E-state index is -3.51. The predicted octanol–water partition coefficient (Wildman–Crippen LogP) is 0.104. The highest BCUT2D eigenvalue weighted by Crippen LogP contribution is 2.06. The summed E-state index contributed by atoms with van der Waals surface area (Å²) in [5.41, 5.74) is 0. The molecule has 1 rings (SSSR count). The second-order valence-electron chi connectivity index (χ2n) is 3.34. The predicted molar refractivity (Wildman–Crippen MR) is 68.1 cm³/mol. The SMILES string of the molecule is CC#CC(=O)NCCNS(=O)(=O)c1ccccc1. The van der Waals surface area contributed by atoms with Crippen molar-refractivity contribution in [3.8, 4) is 11.8 Å². The van der Waals surface area contributed by atoms with E-state index in [0.29, 0.717) is 0 Å². The van der Waals surface area contributed by atoms with Crippen molar-refractivity contribution in [1.29, 1.82) is 0 Å². The number of rotatable bonds is 5. The van der Waals surface area contributed by atoms with Gasteiger partial charge in [-0.25, -0.2) is 13.1 Å². The van der Waals surface area contributed by atoms with Gasteiger partial charge in [0, 0.05) is 13.1 Å². The third-order valence-electron chi connectivity index (χ3n) is 1.99. The molecule has 1 aromatic rings. The summed E-state index contributed by atoms with van der Waals surface area (Å²) in [6.07, 6.45) is 0. The van der Waals surface area contributed by atoms with Gasteiger partial charge in [-0.1, -0.05) is 24.1 Å². The number of sulfonamides is 1. The van der Waals surface area contributed by atoms with Gasteiger partial charge in [-0.3, -0.25) is 4.79 Å². The van der Waals surface area contributed by atoms with Crippen molar-refractivity contribution in [1.82, 2.24) is 10.0 Å². The first-order valence-electron chi connectivity index (χ1n) is 5.31. The molecular formula is C12H14N2O3S. The molecule has 0 heterocycles. The molecule has 0 radical (unpaired) electrons. The Morgan fingerprint density at radius 1 is 1.22 bits per heavy atom. The summed E-state index contributed by atoms with van der Waals surface area (Å²) in [4.78, 5) is 11.2. The fraction of sp³-hybridized carbons (Fsp3) is 0.250. The van der Waals surface area contributed by atoms with Crippen LogP contribution in [-0.4, -0.2) is 27.4 Å². The van der Waals surface area contributed by atoms with E-state index in [2.05, 4.69) is 21.9 Å². The Kier molecular flexibility index (Phi) is 5.36. The molecule has 6 heteroatoms. The molecule has 0 spiro atoms. The lowest BCUT2D eigenvalue weighted by molar-refractivity contribution is -0.115. The van der Waals surface area contributed by atoms with Gasteiger partial charge < -0.3 is 5.32 Å². The van der Waals surface area contributed by atoms with Crippen LogP contribution in [0.5, 0.6) is 0 Å². The second kappa shape index (κ2) is 6.79. The molecule has 0 aliphatic rings. The summed E-state index contributed by atoms with van der Waals surface area (Å²) in [7, 11) is -3.51. The monoisotopic (exact) mass is 266 g/mol. The Morgan fingerprint density at radius 3 is 2.50 bits per heavy atom. The molecule has 0 saturated heterocycles. The Balaban J connectivity index is 2.44. The third-order valence-corrected chi connectivity index (χ3v) is 3.47. The highest BCUT2D eigenvalue weighted by Gasteiger charge is 2.11. The molecule has 0 saturated carbocycles. The van der Waals surface area contributed by atoms with Crippen LogP contribution < -0.4 is 10.0 Å². The Hall–Kier alpha value is -1.84. The molecular weight excluding hydrogens is 252 g/mol. The van der Waals surface area contributed by atoms with Crippen LogP contribution in [-0.2, 0) is 14.8 Å². The number of nitrogens with one attached hydrogen (secondary N) is 2. The second-order valence-corrected chi connectivity index (χ2v) is 5.11. The van der Waals surface area contributed by atoms with Crippen molar-refractivity contribution in [2.24, 2.45) is 0 Å². The van der Waals surface area contributed by atoms with Crippen molar-refractivity contribution in [3.63, 3.8) is 0 Å². The van der Waals surface area contributed by atoms with Crippen LogP contribution in [0.2, 0.25) is 0 Å². The molecule has 18 heavy (non-hydrogen) atoms. The minimum Gasteiger partial charge on any atom is -0.344 e. The van der Waals surface area contributed by atoms with Gasteiger partial charge in [-0.05, 0) is 25.0 Å². The number of benzene rings is 1. The zero-order valence-electron chi connectivity index (χ0n) is 9.93. The first-order chi connectivity index (χ1) is 8.56. The number of amides is 1. The lowest BCUT2D eigenvalue weighted by Crippen LogP contribution is -2.34. The zero-order chi connectivity index (χ0) is 13.4. The molecule has 0 aliphatic carbocycles. The van der Waals surface area contributed by atoms with E-state index in [9.17, 15) is 13.2 Å². The molecule has 0 fully saturated rings. The largest absolute Gasteiger partial charge is 0.344 e. The van der Waals surface area contributed by atoms with Gasteiger partial charge in [0.1, 0.15) is 0 Å². The van der Waals surface area contributed by atoms with E-state index in [-0.39, 0.29) is 18.0 Å². The lowest BCUT2D eigenvalue weighted by atomic mass is 10.4. The molecule has 1 amide bonds. The van der Waals surface area contributed by atoms with Gasteiger partial charge in [-0.2, -0.15) is 0 Å². The molecule has 96 valence electrons. The smallest absolute Gasteiger partial charge is 0.295 e. The number of hydrogen-bond donors (Lipinski definition) is 2. The molecule has 0 aromatic heterocycles. The maximum atomic E-state index is 11.8. The normalized spacial score (nSPS) is 10.3. The fourth-order valence-corrected chi connectivity index (χ4v) is 2.26. The van der Waals surface area contributed by atoms with E-state index >= 15 is 0 Å². The van der Waals surface area contributed by atoms with E-state index in [1.54, 1.807) is 25.1 Å². The van der Waals surface area contributed by atoms with Crippen LogP contribution in [0, 0.1) is 11.8 Å². The van der Waals surface area contributed by atoms with Crippen LogP contribution in [0.4, 0.5) is 0 Å². The summed E-state index contributed by atoms with van der Waals surface area (Å²) in [5.74, 6) is 4.33. The molecule has 0 atom stereocenters. The molecule has 5 nitrogen and oxygen atoms in total. The topological polar surface area (TPSA) is 75.3 Å². The van der Waals surface area contributed by atoms with E-state index in [4.69, 9.17) is 0 Å². The van der Waals surface area contributed by atoms with Gasteiger partial charge >= 0.3 is 0 Å². The van der Waals surface area contributed by atoms with E-state index in [0.717, 1.165) is 0 Å². The van der Waals surface area contributed by atoms with Crippen molar-refractivity contribution in [2.75, 3.05) is 13.1 Å². The Labute approximate surface area is 107 Å². The minimum absolute atomic E-state index is 0.119. The maximum absolute atomic E-state index is 11.8. The summed E-state index contributed by atoms with van der Waals surface area (Å²) >= 11 is 0. The fourth-order valence-electron chi connectivity index (χ4n) is 1.20. The molecule has 0 unspecified atom stereocenters. The van der Waals surface area contributed by atoms with Crippen LogP contribution in [0.15, 0.2) is 35.2 Å². The highest BCUT2D eigenvalue weighted by atomic mass is 32.2. The van der Waals surface area contributed by atoms with E-state index in [1.807, 2.05) is 0 Å². The number of carbonyl (C=O) groups is 1. The first-order valence-corrected chi connectivity index (χ1v) is 6.80. The van der Waals surface area contributed by atoms with Gasteiger partial charge in [-0.15, -0.1) is 0 Å². The molecule has 2 N–H and O–H groups in total. The van der Waals surface area contributed by atoms with E-state index < -0.39 is 15.9 Å². The average Bonchev–Trinajstić information content (AvgIpc) is 2.36. The Morgan fingerprint density at radius 2 is 1.89 bits per heavy atom. The van der Waals surface area contributed by atoms with E-state index in [1.165, 1.54) is 12.1 Å². The highest BCUT2D eigenvalue weighted by molar-refractivity contribution is 7.89. The summed E-state index contributed by atoms with van der Waals surface area (Å²) in [5, 5.41) is 2.47. The van der Waals surface area contributed by atoms with Gasteiger partial charge in [0.2, 0.25) is 10.0 Å². The molecule has 0 aliphatic heterocycles. The van der Waals surface area contributed by atoms with Gasteiger partial charge in [0.15, 0.2) is 0 Å². The maximum Gasteiger partial charge on any atom is 0.295 e. The first kappa shape index (κ1) is 14.2. The molecule has 1 aromatic carbocycles. The number of hydrogen-bond acceptors (Lipinski definition) is 3. The van der Waals surface area contributed by atoms with Crippen LogP contribution in [0.3, 0.4) is 0 Å². The van der Waals surface area contributed by atoms with Crippen LogP contribution >= 0.6 is 0 Å². The molecule has 0 bridgehead atoms. The standard InChI is InChI=1S/C12H14N2O3S/c1-2-6-12(15)13-9-10-14-18(16,17)11-7-4-3-5-8-11/h3-5,7-8,14H,9-10H2,1H3,(H,13,15). The van der Waals surface area contributed by atoms with Crippen molar-refractivity contribution >= 4 is 15.9 Å². The average molecular weight is 266 g/mol. The van der Waals surface area contributed by atoms with Crippen LogP contribution in [0.1, 0.15) is 6.92 Å². The lowest BCUT2D eigenvalue weighted by Gasteiger charge is -2.06. The van der Waals surface area contributed by atoms with Gasteiger partial charge in [0.05, 0.1) is 4.90 Å². The Bertz CT molecular complexity index is 556. The number of carbonyl (C=O) groups excluding carboxylic acids is 1. The van der Waals surface area contributed by atoms with Crippen LogP contribution in [0.25, 0.3) is 0 Å². The summed E-state index contributed by atoms with van der Waals surface area (Å²) in [6, 6.07) is 8.04. The van der Waals surface area contributed by atoms with Crippen molar-refractivity contribution in [3.05, 3.63) is 30.3 Å². The third kappa shape index (κ3) is 4.57. The van der Waals surface area contributed by atoms with Crippen molar-refractivity contribution < 1.29 is 13.2 Å². The quantitative estimate of drug-likeness (QED) is 0.586. The van der Waals surface area contributed by atoms with Gasteiger partial charge in [0.25, 0.3) is 5.91 Å². The summed E-state index contributed by atoms with van der Waals surface area (Å²) < 4.78 is 25.9. The summed E-state index contributed by atoms with van der Waals surface area (Å²) in [6.45, 7) is 1.87. The van der Waals surface area contributed by atoms with Crippen molar-refractivity contribution in [2.45, 2.75) is 11.8 Å². The zero-order valence-corrected chi connectivity index (χ0v) is 10.8.